The van der Waals surface area contributed by atoms with E-state index in [0.29, 0.717) is 12.3 Å². The summed E-state index contributed by atoms with van der Waals surface area (Å²) >= 11 is 0. The maximum absolute atomic E-state index is 12.4. The van der Waals surface area contributed by atoms with E-state index in [1.54, 1.807) is 6.08 Å². The second-order valence-electron chi connectivity index (χ2n) is 6.10. The van der Waals surface area contributed by atoms with Gasteiger partial charge in [-0.05, 0) is 35.3 Å². The Balaban J connectivity index is 1.71. The summed E-state index contributed by atoms with van der Waals surface area (Å²) in [4.78, 5) is 24.5. The smallest absolute Gasteiger partial charge is 0.273 e. The van der Waals surface area contributed by atoms with Gasteiger partial charge in [-0.25, -0.2) is 0 Å². The summed E-state index contributed by atoms with van der Waals surface area (Å²) in [6.07, 6.45) is 3.60. The van der Waals surface area contributed by atoms with Crippen molar-refractivity contribution in [2.24, 2.45) is 0 Å². The van der Waals surface area contributed by atoms with E-state index in [4.69, 9.17) is 4.74 Å². The number of benzene rings is 2. The van der Waals surface area contributed by atoms with Crippen molar-refractivity contribution in [3.05, 3.63) is 59.8 Å². The standard InChI is InChI=1S/C19H18N2O3/c22-18-16(11-13-7-4-10-24-13)20-17(19(23)21-18)15-9-3-6-12-5-1-2-8-14(12)15/h1-3,5-6,8-9,11,13,17,20H,4,7,10H2,(H,21,22,23)/b16-11-. The highest BCUT2D eigenvalue weighted by Crippen LogP contribution is 2.27. The van der Waals surface area contributed by atoms with Gasteiger partial charge < -0.3 is 10.1 Å². The quantitative estimate of drug-likeness (QED) is 0.657. The number of amides is 2. The third-order valence-corrected chi connectivity index (χ3v) is 4.50. The summed E-state index contributed by atoms with van der Waals surface area (Å²) in [6, 6.07) is 13.2. The summed E-state index contributed by atoms with van der Waals surface area (Å²) < 4.78 is 5.56. The highest BCUT2D eigenvalue weighted by molar-refractivity contribution is 6.09. The second-order valence-corrected chi connectivity index (χ2v) is 6.10. The Morgan fingerprint density at radius 1 is 1.08 bits per heavy atom. The predicted molar refractivity (Wildman–Crippen MR) is 90.0 cm³/mol. The van der Waals surface area contributed by atoms with Crippen LogP contribution in [0.4, 0.5) is 0 Å². The van der Waals surface area contributed by atoms with Gasteiger partial charge in [0.25, 0.3) is 11.8 Å². The van der Waals surface area contributed by atoms with Crippen LogP contribution in [0, 0.1) is 0 Å². The van der Waals surface area contributed by atoms with E-state index in [1.807, 2.05) is 42.5 Å². The van der Waals surface area contributed by atoms with Crippen molar-refractivity contribution in [3.63, 3.8) is 0 Å². The molecule has 2 aliphatic rings. The van der Waals surface area contributed by atoms with E-state index in [0.717, 1.165) is 29.2 Å². The molecule has 4 rings (SSSR count). The highest BCUT2D eigenvalue weighted by atomic mass is 16.5. The lowest BCUT2D eigenvalue weighted by Gasteiger charge is -2.27. The number of rotatable bonds is 2. The van der Waals surface area contributed by atoms with Crippen LogP contribution < -0.4 is 10.6 Å². The predicted octanol–water partition coefficient (Wildman–Crippen LogP) is 2.19. The van der Waals surface area contributed by atoms with Crippen LogP contribution in [0.5, 0.6) is 0 Å². The fourth-order valence-corrected chi connectivity index (χ4v) is 3.30. The number of ether oxygens (including phenoxy) is 1. The van der Waals surface area contributed by atoms with Crippen molar-refractivity contribution >= 4 is 22.6 Å². The molecule has 2 atom stereocenters. The van der Waals surface area contributed by atoms with Gasteiger partial charge in [0.1, 0.15) is 6.04 Å². The summed E-state index contributed by atoms with van der Waals surface area (Å²) in [5, 5.41) is 7.62. The average molecular weight is 322 g/mol. The molecule has 2 amide bonds. The maximum Gasteiger partial charge on any atom is 0.273 e. The molecule has 0 bridgehead atoms. The Hall–Kier alpha value is -2.66. The summed E-state index contributed by atoms with van der Waals surface area (Å²) in [5.74, 6) is -0.729. The summed E-state index contributed by atoms with van der Waals surface area (Å²) in [7, 11) is 0. The lowest BCUT2D eigenvalue weighted by molar-refractivity contribution is -0.132. The van der Waals surface area contributed by atoms with Gasteiger partial charge in [0.05, 0.1) is 11.8 Å². The number of nitrogens with one attached hydrogen (secondary N) is 2. The number of carbonyl (C=O) groups excluding carboxylic acids is 2. The Labute approximate surface area is 139 Å². The van der Waals surface area contributed by atoms with Crippen LogP contribution in [0.3, 0.4) is 0 Å². The molecule has 2 heterocycles. The largest absolute Gasteiger partial charge is 0.374 e. The molecule has 0 spiro atoms. The first-order chi connectivity index (χ1) is 11.7. The van der Waals surface area contributed by atoms with Crippen molar-refractivity contribution in [1.29, 1.82) is 0 Å². The summed E-state index contributed by atoms with van der Waals surface area (Å²) in [5.41, 5.74) is 1.26. The van der Waals surface area contributed by atoms with Crippen LogP contribution >= 0.6 is 0 Å². The lowest BCUT2D eigenvalue weighted by atomic mass is 9.96. The molecule has 0 aromatic heterocycles. The fourth-order valence-electron chi connectivity index (χ4n) is 3.30. The molecule has 0 radical (unpaired) electrons. The Kier molecular flexibility index (Phi) is 3.78. The van der Waals surface area contributed by atoms with Gasteiger partial charge in [-0.3, -0.25) is 14.9 Å². The molecular formula is C19H18N2O3. The first kappa shape index (κ1) is 14.9. The Morgan fingerprint density at radius 3 is 2.75 bits per heavy atom. The molecule has 2 aromatic rings. The topological polar surface area (TPSA) is 67.4 Å². The molecule has 2 N–H and O–H groups in total. The monoisotopic (exact) mass is 322 g/mol. The SMILES string of the molecule is O=C1NC(=O)C(c2cccc3ccccc23)N/C1=C\C1CCCO1. The fraction of sp³-hybridized carbons (Fsp3) is 0.263. The normalized spacial score (nSPS) is 25.8. The van der Waals surface area contributed by atoms with Gasteiger partial charge in [-0.2, -0.15) is 0 Å². The number of imide groups is 1. The maximum atomic E-state index is 12.4. The molecule has 2 saturated heterocycles. The third kappa shape index (κ3) is 2.67. The van der Waals surface area contributed by atoms with Crippen molar-refractivity contribution in [2.45, 2.75) is 25.0 Å². The number of hydrogen-bond donors (Lipinski definition) is 2. The van der Waals surface area contributed by atoms with Gasteiger partial charge in [0, 0.05) is 6.61 Å². The van der Waals surface area contributed by atoms with E-state index in [-0.39, 0.29) is 12.0 Å². The van der Waals surface area contributed by atoms with E-state index in [9.17, 15) is 9.59 Å². The van der Waals surface area contributed by atoms with Gasteiger partial charge in [0.15, 0.2) is 0 Å². The van der Waals surface area contributed by atoms with Crippen molar-refractivity contribution in [1.82, 2.24) is 10.6 Å². The Bertz CT molecular complexity index is 832. The number of fused-ring (bicyclic) bond motifs is 1. The number of hydrogen-bond acceptors (Lipinski definition) is 4. The molecule has 0 aliphatic carbocycles. The van der Waals surface area contributed by atoms with Crippen LogP contribution in [0.2, 0.25) is 0 Å². The molecule has 2 fully saturated rings. The number of carbonyl (C=O) groups is 2. The molecule has 24 heavy (non-hydrogen) atoms. The molecule has 2 aliphatic heterocycles. The lowest BCUT2D eigenvalue weighted by Crippen LogP contribution is -2.49. The van der Waals surface area contributed by atoms with Gasteiger partial charge in [0.2, 0.25) is 0 Å². The van der Waals surface area contributed by atoms with Crippen LogP contribution in [0.1, 0.15) is 24.4 Å². The van der Waals surface area contributed by atoms with E-state index in [2.05, 4.69) is 10.6 Å². The minimum absolute atomic E-state index is 0.0698. The van der Waals surface area contributed by atoms with Gasteiger partial charge in [-0.15, -0.1) is 0 Å². The van der Waals surface area contributed by atoms with Crippen molar-refractivity contribution in [2.75, 3.05) is 6.61 Å². The van der Waals surface area contributed by atoms with Crippen LogP contribution in [0.25, 0.3) is 10.8 Å². The third-order valence-electron chi connectivity index (χ3n) is 4.50. The summed E-state index contributed by atoms with van der Waals surface area (Å²) in [6.45, 7) is 0.710. The molecule has 5 nitrogen and oxygen atoms in total. The number of piperazine rings is 1. The van der Waals surface area contributed by atoms with Crippen LogP contribution in [0.15, 0.2) is 54.2 Å². The minimum atomic E-state index is -0.596. The zero-order valence-corrected chi connectivity index (χ0v) is 13.1. The van der Waals surface area contributed by atoms with Crippen molar-refractivity contribution < 1.29 is 14.3 Å². The zero-order valence-electron chi connectivity index (χ0n) is 13.1. The van der Waals surface area contributed by atoms with E-state index < -0.39 is 11.9 Å². The van der Waals surface area contributed by atoms with E-state index >= 15 is 0 Å². The zero-order chi connectivity index (χ0) is 16.5. The van der Waals surface area contributed by atoms with Gasteiger partial charge in [-0.1, -0.05) is 42.5 Å². The Morgan fingerprint density at radius 2 is 1.92 bits per heavy atom. The van der Waals surface area contributed by atoms with Crippen LogP contribution in [-0.4, -0.2) is 24.5 Å². The second kappa shape index (κ2) is 6.09. The van der Waals surface area contributed by atoms with Gasteiger partial charge >= 0.3 is 0 Å². The molecule has 2 aromatic carbocycles. The first-order valence-electron chi connectivity index (χ1n) is 8.15. The molecule has 122 valence electrons. The first-order valence-corrected chi connectivity index (χ1v) is 8.15. The molecule has 2 unspecified atom stereocenters. The average Bonchev–Trinajstić information content (AvgIpc) is 3.10. The molecule has 0 saturated carbocycles. The minimum Gasteiger partial charge on any atom is -0.374 e. The molecule has 5 heteroatoms. The van der Waals surface area contributed by atoms with Crippen LogP contribution in [-0.2, 0) is 14.3 Å². The molecular weight excluding hydrogens is 304 g/mol. The highest BCUT2D eigenvalue weighted by Gasteiger charge is 2.32. The van der Waals surface area contributed by atoms with Crippen molar-refractivity contribution in [3.8, 4) is 0 Å². The van der Waals surface area contributed by atoms with E-state index in [1.165, 1.54) is 0 Å².